The Morgan fingerprint density at radius 2 is 1.74 bits per heavy atom. The van der Waals surface area contributed by atoms with Crippen molar-refractivity contribution >= 4 is 48.6 Å². The molecular formula is C27H30Br2N4O2. The van der Waals surface area contributed by atoms with Crippen LogP contribution in [-0.4, -0.2) is 24.1 Å². The van der Waals surface area contributed by atoms with Crippen molar-refractivity contribution in [2.24, 2.45) is 0 Å². The number of aromatic amines is 1. The second-order valence-electron chi connectivity index (χ2n) is 8.52. The van der Waals surface area contributed by atoms with Crippen LogP contribution in [0.1, 0.15) is 30.4 Å². The zero-order valence-electron chi connectivity index (χ0n) is 19.7. The van der Waals surface area contributed by atoms with E-state index in [9.17, 15) is 4.79 Å². The molecule has 2 aromatic carbocycles. The molecule has 0 fully saturated rings. The van der Waals surface area contributed by atoms with Crippen LogP contribution in [0.5, 0.6) is 0 Å². The van der Waals surface area contributed by atoms with Crippen LogP contribution in [0.4, 0.5) is 5.82 Å². The summed E-state index contributed by atoms with van der Waals surface area (Å²) in [7, 11) is 0. The predicted molar refractivity (Wildman–Crippen MR) is 150 cm³/mol. The molecule has 35 heavy (non-hydrogen) atoms. The lowest BCUT2D eigenvalue weighted by atomic mass is 10.1. The fraction of sp³-hybridized carbons (Fsp3) is 0.296. The van der Waals surface area contributed by atoms with E-state index in [2.05, 4.69) is 71.9 Å². The van der Waals surface area contributed by atoms with Crippen molar-refractivity contribution in [3.63, 3.8) is 0 Å². The summed E-state index contributed by atoms with van der Waals surface area (Å²) in [4.78, 5) is 15.7. The summed E-state index contributed by atoms with van der Waals surface area (Å²) in [6.45, 7) is 5.03. The van der Waals surface area contributed by atoms with E-state index in [1.165, 1.54) is 5.56 Å². The van der Waals surface area contributed by atoms with Gasteiger partial charge in [0.05, 0.1) is 12.1 Å². The number of pyridine rings is 1. The summed E-state index contributed by atoms with van der Waals surface area (Å²) in [5, 5.41) is 11.3. The molecule has 1 unspecified atom stereocenters. The zero-order valence-corrected chi connectivity index (χ0v) is 22.8. The van der Waals surface area contributed by atoms with Gasteiger partial charge in [-0.3, -0.25) is 4.79 Å². The molecule has 4 rings (SSSR count). The maximum Gasteiger partial charge on any atom is 0.191 e. The molecule has 0 aliphatic rings. The average molecular weight is 602 g/mol. The Balaban J connectivity index is 1.36. The Morgan fingerprint density at radius 1 is 0.971 bits per heavy atom. The minimum absolute atomic E-state index is 0.0170. The molecule has 2 heterocycles. The number of aromatic nitrogens is 1. The highest BCUT2D eigenvalue weighted by Gasteiger charge is 2.10. The summed E-state index contributed by atoms with van der Waals surface area (Å²) in [5.74, 6) is 2.69. The molecular weight excluding hydrogens is 572 g/mol. The molecule has 0 radical (unpaired) electrons. The Labute approximate surface area is 222 Å². The Bertz CT molecular complexity index is 1300. The third-order valence-electron chi connectivity index (χ3n) is 5.82. The van der Waals surface area contributed by atoms with Gasteiger partial charge in [-0.05, 0) is 54.4 Å². The van der Waals surface area contributed by atoms with E-state index in [0.717, 1.165) is 64.3 Å². The smallest absolute Gasteiger partial charge is 0.191 e. The highest BCUT2D eigenvalue weighted by Crippen LogP contribution is 2.20. The molecule has 2 aromatic heterocycles. The summed E-state index contributed by atoms with van der Waals surface area (Å²) < 4.78 is 7.91. The van der Waals surface area contributed by atoms with Crippen molar-refractivity contribution in [3.05, 3.63) is 96.9 Å². The molecule has 6 nitrogen and oxygen atoms in total. The third-order valence-corrected chi connectivity index (χ3v) is 6.73. The van der Waals surface area contributed by atoms with E-state index in [1.807, 2.05) is 42.5 Å². The van der Waals surface area contributed by atoms with Crippen LogP contribution in [0.2, 0.25) is 0 Å². The van der Waals surface area contributed by atoms with Gasteiger partial charge in [-0.1, -0.05) is 50.9 Å². The molecule has 8 heteroatoms. The molecule has 0 aliphatic heterocycles. The van der Waals surface area contributed by atoms with E-state index >= 15 is 0 Å². The number of anilines is 1. The van der Waals surface area contributed by atoms with Crippen molar-refractivity contribution in [1.82, 2.24) is 15.6 Å². The van der Waals surface area contributed by atoms with Gasteiger partial charge in [0.25, 0.3) is 0 Å². The van der Waals surface area contributed by atoms with E-state index in [1.54, 1.807) is 6.07 Å². The van der Waals surface area contributed by atoms with Gasteiger partial charge in [0.1, 0.15) is 17.3 Å². The number of hydrogen-bond donors (Lipinski definition) is 4. The molecule has 0 aliphatic carbocycles. The second kappa shape index (κ2) is 12.5. The van der Waals surface area contributed by atoms with Crippen LogP contribution >= 0.6 is 31.9 Å². The van der Waals surface area contributed by atoms with E-state index < -0.39 is 0 Å². The van der Waals surface area contributed by atoms with Gasteiger partial charge in [-0.15, -0.1) is 0 Å². The number of nitrogens with one attached hydrogen (secondary N) is 4. The van der Waals surface area contributed by atoms with Gasteiger partial charge >= 0.3 is 0 Å². The van der Waals surface area contributed by atoms with Gasteiger partial charge in [-0.2, -0.15) is 0 Å². The van der Waals surface area contributed by atoms with Gasteiger partial charge in [0.15, 0.2) is 5.43 Å². The summed E-state index contributed by atoms with van der Waals surface area (Å²) >= 11 is 7.13. The maximum absolute atomic E-state index is 12.4. The van der Waals surface area contributed by atoms with Gasteiger partial charge in [0.2, 0.25) is 0 Å². The first-order chi connectivity index (χ1) is 17.0. The summed E-state index contributed by atoms with van der Waals surface area (Å²) in [6, 6.07) is 19.8. The van der Waals surface area contributed by atoms with E-state index in [-0.39, 0.29) is 11.5 Å². The van der Waals surface area contributed by atoms with Crippen LogP contribution in [-0.2, 0) is 19.5 Å². The molecule has 1 atom stereocenters. The SMILES string of the molecule is CCc1ccc(CNCC(CCNc2cc(=O)c3ccccc3[nH]2)NCc2cc(Br)cc(Br)c2)o1. The van der Waals surface area contributed by atoms with Crippen molar-refractivity contribution in [1.29, 1.82) is 0 Å². The predicted octanol–water partition coefficient (Wildman–Crippen LogP) is 5.96. The number of furan rings is 1. The van der Waals surface area contributed by atoms with Gasteiger partial charge in [0, 0.05) is 52.5 Å². The van der Waals surface area contributed by atoms with Crippen LogP contribution in [0.3, 0.4) is 0 Å². The fourth-order valence-corrected chi connectivity index (χ4v) is 5.39. The molecule has 4 N–H and O–H groups in total. The summed E-state index contributed by atoms with van der Waals surface area (Å²) in [6.07, 6.45) is 1.77. The number of fused-ring (bicyclic) bond motifs is 1. The number of aryl methyl sites for hydroxylation is 1. The number of halogens is 2. The quantitative estimate of drug-likeness (QED) is 0.161. The van der Waals surface area contributed by atoms with Gasteiger partial charge in [-0.25, -0.2) is 0 Å². The lowest BCUT2D eigenvalue weighted by Gasteiger charge is -2.20. The van der Waals surface area contributed by atoms with Crippen molar-refractivity contribution in [2.45, 2.75) is 38.9 Å². The normalized spacial score (nSPS) is 12.2. The first-order valence-corrected chi connectivity index (χ1v) is 13.4. The number of para-hydroxylation sites is 1. The lowest BCUT2D eigenvalue weighted by Crippen LogP contribution is -2.39. The average Bonchev–Trinajstić information content (AvgIpc) is 3.30. The van der Waals surface area contributed by atoms with Crippen LogP contribution in [0.15, 0.2) is 78.8 Å². The largest absolute Gasteiger partial charge is 0.465 e. The van der Waals surface area contributed by atoms with E-state index in [0.29, 0.717) is 11.9 Å². The Hall–Kier alpha value is -2.39. The minimum atomic E-state index is 0.0170. The minimum Gasteiger partial charge on any atom is -0.465 e. The molecule has 0 saturated carbocycles. The number of hydrogen-bond acceptors (Lipinski definition) is 5. The molecule has 0 saturated heterocycles. The van der Waals surface area contributed by atoms with E-state index in [4.69, 9.17) is 4.42 Å². The molecule has 184 valence electrons. The fourth-order valence-electron chi connectivity index (χ4n) is 4.00. The first-order valence-electron chi connectivity index (χ1n) is 11.8. The standard InChI is InChI=1S/C27H30Br2N4O2/c1-2-22-7-8-23(35-22)17-30-16-21(32-15-18-11-19(28)13-20(29)12-18)9-10-31-27-14-26(34)24-5-3-4-6-25(24)33-27/h3-8,11-14,21,30,32H,2,9-10,15-17H2,1H3,(H2,31,33,34). The lowest BCUT2D eigenvalue weighted by molar-refractivity contribution is 0.418. The highest BCUT2D eigenvalue weighted by atomic mass is 79.9. The van der Waals surface area contributed by atoms with Crippen molar-refractivity contribution in [3.8, 4) is 0 Å². The maximum atomic E-state index is 12.4. The topological polar surface area (TPSA) is 82.1 Å². The molecule has 0 amide bonds. The molecule has 0 bridgehead atoms. The van der Waals surface area contributed by atoms with Crippen molar-refractivity contribution < 1.29 is 4.42 Å². The Kier molecular flexibility index (Phi) is 9.20. The van der Waals surface area contributed by atoms with Crippen LogP contribution in [0.25, 0.3) is 10.9 Å². The zero-order chi connectivity index (χ0) is 24.6. The second-order valence-corrected chi connectivity index (χ2v) is 10.3. The number of benzene rings is 2. The molecule has 4 aromatic rings. The summed E-state index contributed by atoms with van der Waals surface area (Å²) in [5.41, 5.74) is 2.05. The van der Waals surface area contributed by atoms with Crippen LogP contribution in [0, 0.1) is 0 Å². The van der Waals surface area contributed by atoms with Crippen molar-refractivity contribution in [2.75, 3.05) is 18.4 Å². The van der Waals surface area contributed by atoms with Gasteiger partial charge < -0.3 is 25.4 Å². The first kappa shape index (κ1) is 25.7. The monoisotopic (exact) mass is 600 g/mol. The highest BCUT2D eigenvalue weighted by molar-refractivity contribution is 9.11. The third kappa shape index (κ3) is 7.54. The number of rotatable bonds is 12. The number of H-pyrrole nitrogens is 1. The molecule has 0 spiro atoms. The Morgan fingerprint density at radius 3 is 2.51 bits per heavy atom. The van der Waals surface area contributed by atoms with Crippen LogP contribution < -0.4 is 21.4 Å².